The van der Waals surface area contributed by atoms with Crippen LogP contribution >= 0.6 is 0 Å². The number of Topliss-reactive ketones (excluding diaryl/α,β-unsaturated/α-hetero) is 2. The molecule has 10 heteroatoms. The molecule has 1 unspecified atom stereocenters. The van der Waals surface area contributed by atoms with Gasteiger partial charge in [0.25, 0.3) is 0 Å². The van der Waals surface area contributed by atoms with Gasteiger partial charge in [-0.2, -0.15) is 0 Å². The summed E-state index contributed by atoms with van der Waals surface area (Å²) in [5.74, 6) is -1.01. The van der Waals surface area contributed by atoms with Crippen LogP contribution in [0.5, 0.6) is 5.75 Å². The van der Waals surface area contributed by atoms with Gasteiger partial charge in [-0.05, 0) is 86.4 Å². The molecule has 3 aromatic rings. The number of nitrogens with one attached hydrogen (secondary N) is 1. The Morgan fingerprint density at radius 2 is 1.52 bits per heavy atom. The van der Waals surface area contributed by atoms with E-state index in [2.05, 4.69) is 29.6 Å². The lowest BCUT2D eigenvalue weighted by Gasteiger charge is -2.25. The molecule has 278 valence electrons. The number of rotatable bonds is 18. The highest BCUT2D eigenvalue weighted by atomic mass is 16.6. The molecule has 1 heterocycles. The van der Waals surface area contributed by atoms with Crippen molar-refractivity contribution in [1.29, 1.82) is 0 Å². The maximum absolute atomic E-state index is 13.6. The molecule has 0 aromatic heterocycles. The molecular weight excluding hydrogens is 660 g/mol. The molecule has 2 atom stereocenters. The SMILES string of the molecule is CCCOCCOCC(=O)C[C@@H](Cc1ccc(OC(C)(C)C)cc1)C(=O)NCC(=O)C1CCCN1C(=O)OCC1c2ccccc2-c2ccccc21. The molecule has 0 radical (unpaired) electrons. The minimum atomic E-state index is -0.726. The van der Waals surface area contributed by atoms with Crippen LogP contribution in [-0.4, -0.2) is 86.2 Å². The Morgan fingerprint density at radius 3 is 2.17 bits per heavy atom. The van der Waals surface area contributed by atoms with E-state index in [0.29, 0.717) is 38.3 Å². The normalized spacial score (nSPS) is 15.8. The van der Waals surface area contributed by atoms with Gasteiger partial charge in [-0.25, -0.2) is 4.79 Å². The third kappa shape index (κ3) is 10.5. The van der Waals surface area contributed by atoms with Crippen LogP contribution in [0.15, 0.2) is 72.8 Å². The predicted octanol–water partition coefficient (Wildman–Crippen LogP) is 6.52. The molecule has 5 rings (SSSR count). The van der Waals surface area contributed by atoms with Crippen LogP contribution in [0.1, 0.15) is 76.0 Å². The fourth-order valence-corrected chi connectivity index (χ4v) is 6.91. The van der Waals surface area contributed by atoms with E-state index in [0.717, 1.165) is 34.2 Å². The van der Waals surface area contributed by atoms with Crippen molar-refractivity contribution in [3.8, 4) is 16.9 Å². The zero-order chi connectivity index (χ0) is 37.1. The van der Waals surface area contributed by atoms with Crippen LogP contribution < -0.4 is 10.1 Å². The molecule has 2 aliphatic rings. The smallest absolute Gasteiger partial charge is 0.410 e. The third-order valence-corrected chi connectivity index (χ3v) is 9.29. The number of ketones is 2. The maximum atomic E-state index is 13.6. The van der Waals surface area contributed by atoms with Gasteiger partial charge in [-0.3, -0.25) is 19.3 Å². The summed E-state index contributed by atoms with van der Waals surface area (Å²) >= 11 is 0. The fourth-order valence-electron chi connectivity index (χ4n) is 6.91. The Bertz CT molecular complexity index is 1640. The van der Waals surface area contributed by atoms with Crippen LogP contribution in [-0.2, 0) is 35.0 Å². The lowest BCUT2D eigenvalue weighted by Crippen LogP contribution is -2.46. The third-order valence-electron chi connectivity index (χ3n) is 9.29. The van der Waals surface area contributed by atoms with E-state index in [1.54, 1.807) is 0 Å². The summed E-state index contributed by atoms with van der Waals surface area (Å²) in [6.07, 6.45) is 1.75. The van der Waals surface area contributed by atoms with Crippen molar-refractivity contribution in [1.82, 2.24) is 10.2 Å². The second-order valence-corrected chi connectivity index (χ2v) is 14.5. The first-order chi connectivity index (χ1) is 25.0. The number of benzene rings is 3. The zero-order valence-electron chi connectivity index (χ0n) is 30.9. The summed E-state index contributed by atoms with van der Waals surface area (Å²) in [6, 6.07) is 23.0. The average molecular weight is 713 g/mol. The van der Waals surface area contributed by atoms with Gasteiger partial charge in [0.1, 0.15) is 24.6 Å². The summed E-state index contributed by atoms with van der Waals surface area (Å²) in [5.41, 5.74) is 5.00. The van der Waals surface area contributed by atoms with E-state index in [1.165, 1.54) is 4.90 Å². The van der Waals surface area contributed by atoms with Crippen molar-refractivity contribution in [2.75, 3.05) is 46.1 Å². The number of hydrogen-bond acceptors (Lipinski definition) is 8. The summed E-state index contributed by atoms with van der Waals surface area (Å²) in [5, 5.41) is 2.77. The second-order valence-electron chi connectivity index (χ2n) is 14.5. The molecular formula is C42H52N2O8. The second kappa shape index (κ2) is 18.3. The van der Waals surface area contributed by atoms with Crippen molar-refractivity contribution in [2.24, 2.45) is 5.92 Å². The molecule has 0 saturated carbocycles. The van der Waals surface area contributed by atoms with Gasteiger partial charge in [0, 0.05) is 31.4 Å². The molecule has 1 fully saturated rings. The van der Waals surface area contributed by atoms with E-state index in [4.69, 9.17) is 18.9 Å². The minimum absolute atomic E-state index is 0.0502. The molecule has 2 amide bonds. The van der Waals surface area contributed by atoms with Crippen molar-refractivity contribution in [2.45, 2.75) is 77.4 Å². The summed E-state index contributed by atoms with van der Waals surface area (Å²) in [6.45, 7) is 9.40. The van der Waals surface area contributed by atoms with Crippen LogP contribution in [0.3, 0.4) is 0 Å². The zero-order valence-corrected chi connectivity index (χ0v) is 30.9. The quantitative estimate of drug-likeness (QED) is 0.148. The first-order valence-corrected chi connectivity index (χ1v) is 18.4. The van der Waals surface area contributed by atoms with E-state index in [9.17, 15) is 19.2 Å². The highest BCUT2D eigenvalue weighted by Crippen LogP contribution is 2.44. The van der Waals surface area contributed by atoms with Gasteiger partial charge < -0.3 is 24.3 Å². The number of carbonyl (C=O) groups excluding carboxylic acids is 4. The number of nitrogens with zero attached hydrogens (tertiary/aromatic N) is 1. The summed E-state index contributed by atoms with van der Waals surface area (Å²) in [7, 11) is 0. The van der Waals surface area contributed by atoms with E-state index < -0.39 is 24.0 Å². The number of carbonyl (C=O) groups is 4. The van der Waals surface area contributed by atoms with Crippen LogP contribution in [0.2, 0.25) is 0 Å². The summed E-state index contributed by atoms with van der Waals surface area (Å²) in [4.78, 5) is 54.8. The van der Waals surface area contributed by atoms with Crippen molar-refractivity contribution in [3.63, 3.8) is 0 Å². The van der Waals surface area contributed by atoms with Crippen molar-refractivity contribution < 1.29 is 38.1 Å². The molecule has 1 N–H and O–H groups in total. The molecule has 0 bridgehead atoms. The predicted molar refractivity (Wildman–Crippen MR) is 198 cm³/mol. The van der Waals surface area contributed by atoms with E-state index >= 15 is 0 Å². The highest BCUT2D eigenvalue weighted by Gasteiger charge is 2.37. The van der Waals surface area contributed by atoms with Gasteiger partial charge in [0.15, 0.2) is 11.6 Å². The van der Waals surface area contributed by atoms with Gasteiger partial charge in [-0.15, -0.1) is 0 Å². The Hall–Kier alpha value is -4.54. The van der Waals surface area contributed by atoms with Crippen molar-refractivity contribution >= 4 is 23.6 Å². The lowest BCUT2D eigenvalue weighted by atomic mass is 9.93. The Balaban J connectivity index is 1.17. The summed E-state index contributed by atoms with van der Waals surface area (Å²) < 4.78 is 22.7. The highest BCUT2D eigenvalue weighted by molar-refractivity contribution is 5.94. The lowest BCUT2D eigenvalue weighted by molar-refractivity contribution is -0.132. The van der Waals surface area contributed by atoms with E-state index in [-0.39, 0.29) is 62.3 Å². The van der Waals surface area contributed by atoms with E-state index in [1.807, 2.05) is 76.2 Å². The fraction of sp³-hybridized carbons (Fsp3) is 0.476. The number of ether oxygens (including phenoxy) is 4. The molecule has 0 spiro atoms. The molecule has 52 heavy (non-hydrogen) atoms. The Kier molecular flexibility index (Phi) is 13.6. The Labute approximate surface area is 307 Å². The number of hydrogen-bond donors (Lipinski definition) is 1. The standard InChI is InChI=1S/C42H52N2O8/c1-5-21-49-22-23-50-27-31(45)25-30(24-29-16-18-32(19-17-29)52-42(2,3)4)40(47)43-26-39(46)38-15-10-20-44(38)41(48)51-28-37-35-13-8-6-11-33(35)34-12-7-9-14-36(34)37/h6-9,11-14,16-19,30,37-38H,5,10,15,20-28H2,1-4H3,(H,43,47)/t30-,38?/m1/s1. The Morgan fingerprint density at radius 1 is 0.865 bits per heavy atom. The topological polar surface area (TPSA) is 120 Å². The average Bonchev–Trinajstić information content (AvgIpc) is 3.74. The first kappa shape index (κ1) is 38.7. The van der Waals surface area contributed by atoms with Gasteiger partial charge in [-0.1, -0.05) is 67.6 Å². The van der Waals surface area contributed by atoms with Crippen molar-refractivity contribution in [3.05, 3.63) is 89.5 Å². The minimum Gasteiger partial charge on any atom is -0.488 e. The van der Waals surface area contributed by atoms with Gasteiger partial charge in [0.05, 0.1) is 25.8 Å². The number of amides is 2. The van der Waals surface area contributed by atoms with Gasteiger partial charge >= 0.3 is 6.09 Å². The first-order valence-electron chi connectivity index (χ1n) is 18.4. The largest absolute Gasteiger partial charge is 0.488 e. The molecule has 3 aromatic carbocycles. The van der Waals surface area contributed by atoms with Crippen LogP contribution in [0.25, 0.3) is 11.1 Å². The van der Waals surface area contributed by atoms with Gasteiger partial charge in [0.2, 0.25) is 5.91 Å². The number of likely N-dealkylation sites (tertiary alicyclic amines) is 1. The molecule has 1 aliphatic heterocycles. The molecule has 1 saturated heterocycles. The monoisotopic (exact) mass is 712 g/mol. The molecule has 10 nitrogen and oxygen atoms in total. The maximum Gasteiger partial charge on any atom is 0.410 e. The number of fused-ring (bicyclic) bond motifs is 3. The van der Waals surface area contributed by atoms with Crippen LogP contribution in [0, 0.1) is 5.92 Å². The van der Waals surface area contributed by atoms with Crippen LogP contribution in [0.4, 0.5) is 4.79 Å². The molecule has 1 aliphatic carbocycles.